The standard InChI is InChI=1S/C72H132O6/c1-4-7-10-13-16-19-22-25-28-31-32-33-34-35-36-37-38-39-40-41-42-45-47-50-53-56-59-62-65-71(74)77-68-69(78-72(75)66-63-60-57-54-51-48-44-30-27-24-21-18-15-12-9-6-3)67-76-70(73)64-61-58-55-52-49-46-43-29-26-23-20-17-14-11-8-5-2/h20-21,23-24,29-30,43-44,69H,4-19,22,25-28,31-42,45-68H2,1-3H3/b23-20-,24-21-,43-29-,44-30-. The summed E-state index contributed by atoms with van der Waals surface area (Å²) >= 11 is 0. The van der Waals surface area contributed by atoms with Crippen molar-refractivity contribution in [3.63, 3.8) is 0 Å². The lowest BCUT2D eigenvalue weighted by molar-refractivity contribution is -0.167. The van der Waals surface area contributed by atoms with E-state index in [2.05, 4.69) is 69.4 Å². The Morgan fingerprint density at radius 2 is 0.462 bits per heavy atom. The highest BCUT2D eigenvalue weighted by atomic mass is 16.6. The molecule has 0 aromatic heterocycles. The third-order valence-corrected chi connectivity index (χ3v) is 15.6. The molecule has 0 spiro atoms. The Bertz CT molecular complexity index is 1350. The lowest BCUT2D eigenvalue weighted by Gasteiger charge is -2.18. The van der Waals surface area contributed by atoms with Crippen LogP contribution in [0.25, 0.3) is 0 Å². The Morgan fingerprint density at radius 1 is 0.256 bits per heavy atom. The van der Waals surface area contributed by atoms with E-state index < -0.39 is 6.10 Å². The molecule has 0 saturated carbocycles. The summed E-state index contributed by atoms with van der Waals surface area (Å²) in [6.45, 7) is 6.64. The van der Waals surface area contributed by atoms with Crippen LogP contribution < -0.4 is 0 Å². The van der Waals surface area contributed by atoms with Crippen LogP contribution in [0.2, 0.25) is 0 Å². The predicted molar refractivity (Wildman–Crippen MR) is 339 cm³/mol. The van der Waals surface area contributed by atoms with Crippen LogP contribution in [0.15, 0.2) is 48.6 Å². The number of allylic oxidation sites excluding steroid dienone is 8. The fourth-order valence-corrected chi connectivity index (χ4v) is 10.3. The zero-order valence-corrected chi connectivity index (χ0v) is 52.5. The Morgan fingerprint density at radius 3 is 0.718 bits per heavy atom. The normalized spacial score (nSPS) is 12.3. The van der Waals surface area contributed by atoms with Gasteiger partial charge in [-0.05, 0) is 83.5 Å². The first-order valence-corrected chi connectivity index (χ1v) is 34.6. The first kappa shape index (κ1) is 75.4. The average Bonchev–Trinajstić information content (AvgIpc) is 3.44. The number of ether oxygens (including phenoxy) is 3. The molecule has 0 aliphatic rings. The molecule has 0 rings (SSSR count). The van der Waals surface area contributed by atoms with Gasteiger partial charge in [-0.3, -0.25) is 14.4 Å². The summed E-state index contributed by atoms with van der Waals surface area (Å²) in [6.07, 6.45) is 84.3. The molecule has 0 aliphatic heterocycles. The zero-order valence-electron chi connectivity index (χ0n) is 52.5. The third kappa shape index (κ3) is 64.2. The van der Waals surface area contributed by atoms with Crippen molar-refractivity contribution in [3.05, 3.63) is 48.6 Å². The third-order valence-electron chi connectivity index (χ3n) is 15.6. The quantitative estimate of drug-likeness (QED) is 0.0261. The maximum atomic E-state index is 12.9. The van der Waals surface area contributed by atoms with Gasteiger partial charge >= 0.3 is 17.9 Å². The number of hydrogen-bond donors (Lipinski definition) is 0. The molecule has 0 aromatic carbocycles. The van der Waals surface area contributed by atoms with Crippen molar-refractivity contribution in [2.45, 2.75) is 380 Å². The first-order valence-electron chi connectivity index (χ1n) is 34.6. The van der Waals surface area contributed by atoms with Crippen molar-refractivity contribution in [1.82, 2.24) is 0 Å². The van der Waals surface area contributed by atoms with Crippen LogP contribution in [0.3, 0.4) is 0 Å². The molecular formula is C72H132O6. The largest absolute Gasteiger partial charge is 0.462 e. The van der Waals surface area contributed by atoms with Gasteiger partial charge in [0.05, 0.1) is 0 Å². The van der Waals surface area contributed by atoms with Gasteiger partial charge in [0.2, 0.25) is 0 Å². The van der Waals surface area contributed by atoms with Gasteiger partial charge in [0.15, 0.2) is 6.10 Å². The predicted octanol–water partition coefficient (Wildman–Crippen LogP) is 23.7. The molecule has 0 radical (unpaired) electrons. The van der Waals surface area contributed by atoms with Gasteiger partial charge in [-0.2, -0.15) is 0 Å². The van der Waals surface area contributed by atoms with E-state index >= 15 is 0 Å². The monoisotopic (exact) mass is 1090 g/mol. The van der Waals surface area contributed by atoms with E-state index in [1.54, 1.807) is 0 Å². The maximum Gasteiger partial charge on any atom is 0.306 e. The van der Waals surface area contributed by atoms with E-state index in [1.165, 1.54) is 231 Å². The highest BCUT2D eigenvalue weighted by Gasteiger charge is 2.19. The van der Waals surface area contributed by atoms with Gasteiger partial charge in [0.25, 0.3) is 0 Å². The van der Waals surface area contributed by atoms with Crippen LogP contribution in [0.4, 0.5) is 0 Å². The molecule has 78 heavy (non-hydrogen) atoms. The fraction of sp³-hybridized carbons (Fsp3) is 0.847. The van der Waals surface area contributed by atoms with Gasteiger partial charge in [-0.1, -0.05) is 320 Å². The second kappa shape index (κ2) is 66.9. The fourth-order valence-electron chi connectivity index (χ4n) is 10.3. The Balaban J connectivity index is 4.24. The van der Waals surface area contributed by atoms with E-state index in [-0.39, 0.29) is 31.1 Å². The maximum absolute atomic E-state index is 12.9. The summed E-state index contributed by atoms with van der Waals surface area (Å²) in [5, 5.41) is 0. The number of carbonyl (C=O) groups excluding carboxylic acids is 3. The van der Waals surface area contributed by atoms with Gasteiger partial charge in [0.1, 0.15) is 13.2 Å². The van der Waals surface area contributed by atoms with Crippen LogP contribution in [0.5, 0.6) is 0 Å². The van der Waals surface area contributed by atoms with Crippen molar-refractivity contribution < 1.29 is 28.6 Å². The number of hydrogen-bond acceptors (Lipinski definition) is 6. The molecule has 0 bridgehead atoms. The second-order valence-electron chi connectivity index (χ2n) is 23.4. The number of esters is 3. The molecule has 456 valence electrons. The van der Waals surface area contributed by atoms with Crippen LogP contribution >= 0.6 is 0 Å². The SMILES string of the molecule is CCCCCC/C=C\C/C=C\CCCCCCCC(=O)OCC(COC(=O)CCCCCCCCCCCCCCCCCCCCCCCCCCCCCC)OC(=O)CCCCCCC/C=C\C/C=C\CCCCCC. The molecule has 0 aliphatic carbocycles. The first-order chi connectivity index (χ1) is 38.5. The Labute approximate surface area is 486 Å². The molecule has 6 heteroatoms. The zero-order chi connectivity index (χ0) is 56.4. The van der Waals surface area contributed by atoms with Gasteiger partial charge in [-0.25, -0.2) is 0 Å². The Hall–Kier alpha value is -2.63. The van der Waals surface area contributed by atoms with E-state index in [9.17, 15) is 14.4 Å². The summed E-state index contributed by atoms with van der Waals surface area (Å²) in [7, 11) is 0. The van der Waals surface area contributed by atoms with Crippen LogP contribution in [0, 0.1) is 0 Å². The van der Waals surface area contributed by atoms with Crippen molar-refractivity contribution in [2.24, 2.45) is 0 Å². The van der Waals surface area contributed by atoms with E-state index in [4.69, 9.17) is 14.2 Å². The average molecular weight is 1090 g/mol. The summed E-state index contributed by atoms with van der Waals surface area (Å²) in [4.78, 5) is 38.4. The smallest absolute Gasteiger partial charge is 0.306 e. The number of rotatable bonds is 64. The molecule has 0 aromatic rings. The summed E-state index contributed by atoms with van der Waals surface area (Å²) in [5.74, 6) is -0.885. The van der Waals surface area contributed by atoms with Crippen LogP contribution in [-0.4, -0.2) is 37.2 Å². The summed E-state index contributed by atoms with van der Waals surface area (Å²) in [6, 6.07) is 0. The second-order valence-corrected chi connectivity index (χ2v) is 23.4. The Kier molecular flexibility index (Phi) is 64.6. The molecule has 0 amide bonds. The van der Waals surface area contributed by atoms with Crippen LogP contribution in [-0.2, 0) is 28.6 Å². The highest BCUT2D eigenvalue weighted by Crippen LogP contribution is 2.18. The molecule has 0 saturated heterocycles. The van der Waals surface area contributed by atoms with Crippen molar-refractivity contribution >= 4 is 17.9 Å². The van der Waals surface area contributed by atoms with Crippen molar-refractivity contribution in [3.8, 4) is 0 Å². The van der Waals surface area contributed by atoms with Crippen molar-refractivity contribution in [1.29, 1.82) is 0 Å². The topological polar surface area (TPSA) is 78.9 Å². The summed E-state index contributed by atoms with van der Waals surface area (Å²) < 4.78 is 16.9. The molecule has 6 nitrogen and oxygen atoms in total. The molecule has 0 heterocycles. The van der Waals surface area contributed by atoms with Gasteiger partial charge in [-0.15, -0.1) is 0 Å². The lowest BCUT2D eigenvalue weighted by atomic mass is 10.0. The minimum absolute atomic E-state index is 0.0799. The number of carbonyl (C=O) groups is 3. The van der Waals surface area contributed by atoms with E-state index in [1.807, 2.05) is 0 Å². The van der Waals surface area contributed by atoms with Crippen molar-refractivity contribution in [2.75, 3.05) is 13.2 Å². The van der Waals surface area contributed by atoms with Gasteiger partial charge in [0, 0.05) is 19.3 Å². The molecular weight excluding hydrogens is 961 g/mol. The van der Waals surface area contributed by atoms with Crippen LogP contribution in [0.1, 0.15) is 374 Å². The lowest BCUT2D eigenvalue weighted by Crippen LogP contribution is -2.30. The van der Waals surface area contributed by atoms with Gasteiger partial charge < -0.3 is 14.2 Å². The molecule has 1 unspecified atom stereocenters. The number of unbranched alkanes of at least 4 members (excludes halogenated alkanes) is 45. The minimum atomic E-state index is -0.786. The minimum Gasteiger partial charge on any atom is -0.462 e. The summed E-state index contributed by atoms with van der Waals surface area (Å²) in [5.41, 5.74) is 0. The van der Waals surface area contributed by atoms with E-state index in [0.717, 1.165) is 103 Å². The molecule has 1 atom stereocenters. The van der Waals surface area contributed by atoms with E-state index in [0.29, 0.717) is 19.3 Å². The molecule has 0 N–H and O–H groups in total. The highest BCUT2D eigenvalue weighted by molar-refractivity contribution is 5.71. The molecule has 0 fully saturated rings.